The van der Waals surface area contributed by atoms with Crippen molar-refractivity contribution in [1.82, 2.24) is 4.90 Å². The summed E-state index contributed by atoms with van der Waals surface area (Å²) < 4.78 is 5.79. The summed E-state index contributed by atoms with van der Waals surface area (Å²) in [7, 11) is 0. The summed E-state index contributed by atoms with van der Waals surface area (Å²) in [5.74, 6) is 0.245. The second-order valence-electron chi connectivity index (χ2n) is 6.94. The van der Waals surface area contributed by atoms with Crippen LogP contribution in [-0.2, 0) is 4.79 Å². The number of hydrogen-bond donors (Lipinski definition) is 1. The molecule has 8 nitrogen and oxygen atoms in total. The molecule has 0 bridgehead atoms. The Kier molecular flexibility index (Phi) is 4.79. The van der Waals surface area contributed by atoms with Gasteiger partial charge in [0, 0.05) is 23.1 Å². The number of amides is 1. The van der Waals surface area contributed by atoms with Gasteiger partial charge < -0.3 is 4.42 Å². The fourth-order valence-corrected chi connectivity index (χ4v) is 4.30. The summed E-state index contributed by atoms with van der Waals surface area (Å²) in [6.07, 6.45) is 1.47. The van der Waals surface area contributed by atoms with E-state index in [1.807, 2.05) is 35.7 Å². The molecule has 2 aliphatic rings. The van der Waals surface area contributed by atoms with Crippen LogP contribution in [0.3, 0.4) is 0 Å². The number of furan rings is 1. The summed E-state index contributed by atoms with van der Waals surface area (Å²) in [6.45, 7) is 0. The second kappa shape index (κ2) is 7.78. The van der Waals surface area contributed by atoms with Gasteiger partial charge in [0.1, 0.15) is 17.4 Å². The first-order valence-electron chi connectivity index (χ1n) is 9.52. The van der Waals surface area contributed by atoms with Crippen molar-refractivity contribution < 1.29 is 14.1 Å². The first-order chi connectivity index (χ1) is 15.5. The zero-order valence-electron chi connectivity index (χ0n) is 16.4. The van der Waals surface area contributed by atoms with Gasteiger partial charge in [0.2, 0.25) is 0 Å². The molecule has 9 heteroatoms. The minimum absolute atomic E-state index is 0.00778. The van der Waals surface area contributed by atoms with Gasteiger partial charge >= 0.3 is 0 Å². The van der Waals surface area contributed by atoms with E-state index >= 15 is 0 Å². The normalized spacial score (nSPS) is 16.8. The number of nitrogens with one attached hydrogen (secondary N) is 1. The maximum Gasteiger partial charge on any atom is 0.283 e. The third kappa shape index (κ3) is 3.44. The minimum atomic E-state index is -0.523. The molecule has 0 radical (unpaired) electrons. The van der Waals surface area contributed by atoms with Crippen LogP contribution in [-0.4, -0.2) is 26.7 Å². The Balaban J connectivity index is 1.47. The molecule has 3 aromatic rings. The first kappa shape index (κ1) is 19.7. The monoisotopic (exact) mass is 442 g/mol. The van der Waals surface area contributed by atoms with Crippen LogP contribution in [0, 0.1) is 15.5 Å². The van der Waals surface area contributed by atoms with Crippen LogP contribution in [0.5, 0.6) is 0 Å². The first-order valence-corrected chi connectivity index (χ1v) is 10.4. The maximum atomic E-state index is 12.6. The molecule has 0 aliphatic carbocycles. The Morgan fingerprint density at radius 2 is 1.84 bits per heavy atom. The summed E-state index contributed by atoms with van der Waals surface area (Å²) in [5.41, 5.74) is 2.28. The Labute approximate surface area is 186 Å². The third-order valence-electron chi connectivity index (χ3n) is 4.94. The lowest BCUT2D eigenvalue weighted by Gasteiger charge is -2.26. The topological polar surface area (TPSA) is 113 Å². The summed E-state index contributed by atoms with van der Waals surface area (Å²) >= 11 is 1.30. The number of benzene rings is 2. The van der Waals surface area contributed by atoms with Crippen LogP contribution in [0.15, 0.2) is 87.1 Å². The number of amidine groups is 2. The van der Waals surface area contributed by atoms with Crippen molar-refractivity contribution in [2.45, 2.75) is 0 Å². The SMILES string of the molecule is N=C1/C(=C\c2ccc(-c3cccc([N+](=O)[O-])c3)o2)C(=O)N=C2SC=C(c3ccccc3)N12. The lowest BCUT2D eigenvalue weighted by molar-refractivity contribution is -0.384. The van der Waals surface area contributed by atoms with Gasteiger partial charge in [-0.15, -0.1) is 0 Å². The van der Waals surface area contributed by atoms with Crippen molar-refractivity contribution in [3.05, 3.63) is 99.1 Å². The number of rotatable bonds is 4. The van der Waals surface area contributed by atoms with E-state index in [1.165, 1.54) is 30.0 Å². The molecular formula is C23H14N4O4S. The summed E-state index contributed by atoms with van der Waals surface area (Å²) in [5, 5.41) is 22.0. The average Bonchev–Trinajstić information content (AvgIpc) is 3.44. The predicted molar refractivity (Wildman–Crippen MR) is 123 cm³/mol. The second-order valence-corrected chi connectivity index (χ2v) is 7.77. The highest BCUT2D eigenvalue weighted by Crippen LogP contribution is 2.37. The van der Waals surface area contributed by atoms with E-state index in [-0.39, 0.29) is 17.1 Å². The fraction of sp³-hybridized carbons (Fsp3) is 0. The van der Waals surface area contributed by atoms with E-state index in [0.29, 0.717) is 22.3 Å². The zero-order valence-corrected chi connectivity index (χ0v) is 17.2. The van der Waals surface area contributed by atoms with E-state index in [4.69, 9.17) is 9.83 Å². The molecule has 156 valence electrons. The number of carbonyl (C=O) groups is 1. The van der Waals surface area contributed by atoms with Crippen molar-refractivity contribution in [2.24, 2.45) is 4.99 Å². The molecule has 1 aromatic heterocycles. The van der Waals surface area contributed by atoms with E-state index in [0.717, 1.165) is 11.3 Å². The Bertz CT molecular complexity index is 1370. The van der Waals surface area contributed by atoms with Crippen LogP contribution >= 0.6 is 11.8 Å². The van der Waals surface area contributed by atoms with Crippen molar-refractivity contribution in [1.29, 1.82) is 5.41 Å². The van der Waals surface area contributed by atoms with Crippen molar-refractivity contribution in [3.63, 3.8) is 0 Å². The number of thioether (sulfide) groups is 1. The molecule has 5 rings (SSSR count). The van der Waals surface area contributed by atoms with E-state index in [2.05, 4.69) is 4.99 Å². The van der Waals surface area contributed by atoms with Gasteiger partial charge in [-0.1, -0.05) is 54.2 Å². The number of fused-ring (bicyclic) bond motifs is 1. The van der Waals surface area contributed by atoms with E-state index < -0.39 is 10.8 Å². The Morgan fingerprint density at radius 3 is 2.62 bits per heavy atom. The third-order valence-corrected chi connectivity index (χ3v) is 5.76. The molecule has 0 unspecified atom stereocenters. The average molecular weight is 442 g/mol. The molecule has 0 atom stereocenters. The fourth-order valence-electron chi connectivity index (χ4n) is 3.41. The van der Waals surface area contributed by atoms with Crippen LogP contribution in [0.2, 0.25) is 0 Å². The van der Waals surface area contributed by atoms with Gasteiger partial charge in [-0.2, -0.15) is 4.99 Å². The minimum Gasteiger partial charge on any atom is -0.457 e. The smallest absolute Gasteiger partial charge is 0.283 e. The van der Waals surface area contributed by atoms with Crippen LogP contribution in [0.1, 0.15) is 11.3 Å². The number of carbonyl (C=O) groups excluding carboxylic acids is 1. The van der Waals surface area contributed by atoms with Gasteiger partial charge in [0.15, 0.2) is 5.17 Å². The molecular weight excluding hydrogens is 428 g/mol. The number of nitro benzene ring substituents is 1. The van der Waals surface area contributed by atoms with Crippen LogP contribution in [0.25, 0.3) is 23.1 Å². The molecule has 1 N–H and O–H groups in total. The van der Waals surface area contributed by atoms with E-state index in [1.54, 1.807) is 29.2 Å². The molecule has 3 heterocycles. The van der Waals surface area contributed by atoms with Crippen LogP contribution in [0.4, 0.5) is 5.69 Å². The lowest BCUT2D eigenvalue weighted by Crippen LogP contribution is -2.37. The Hall–Kier alpha value is -4.24. The number of nitrogens with zero attached hydrogens (tertiary/aromatic N) is 3. The number of non-ortho nitro benzene ring substituents is 1. The molecule has 0 saturated carbocycles. The van der Waals surface area contributed by atoms with Gasteiger partial charge in [0.25, 0.3) is 11.6 Å². The van der Waals surface area contributed by atoms with Crippen molar-refractivity contribution >= 4 is 46.1 Å². The summed E-state index contributed by atoms with van der Waals surface area (Å²) in [4.78, 5) is 28.9. The highest BCUT2D eigenvalue weighted by Gasteiger charge is 2.36. The number of nitro groups is 1. The van der Waals surface area contributed by atoms with Crippen LogP contribution < -0.4 is 0 Å². The van der Waals surface area contributed by atoms with Crippen molar-refractivity contribution in [3.8, 4) is 11.3 Å². The van der Waals surface area contributed by atoms with E-state index in [9.17, 15) is 14.9 Å². The standard InChI is InChI=1S/C23H14N4O4S/c24-21-18(12-17-9-10-20(31-17)15-7-4-8-16(11-15)27(29)30)22(28)25-23-26(21)19(13-32-23)14-5-2-1-3-6-14/h1-13,24H/b18-12+,24-21?. The van der Waals surface area contributed by atoms with Gasteiger partial charge in [-0.05, 0) is 23.8 Å². The largest absolute Gasteiger partial charge is 0.457 e. The zero-order chi connectivity index (χ0) is 22.2. The molecule has 2 aliphatic heterocycles. The highest BCUT2D eigenvalue weighted by atomic mass is 32.2. The van der Waals surface area contributed by atoms with Gasteiger partial charge in [0.05, 0.1) is 16.2 Å². The maximum absolute atomic E-state index is 12.6. The molecule has 0 fully saturated rings. The predicted octanol–water partition coefficient (Wildman–Crippen LogP) is 5.16. The molecule has 32 heavy (non-hydrogen) atoms. The molecule has 1 amide bonds. The molecule has 0 spiro atoms. The summed E-state index contributed by atoms with van der Waals surface area (Å²) in [6, 6.07) is 19.0. The Morgan fingerprint density at radius 1 is 1.06 bits per heavy atom. The van der Waals surface area contributed by atoms with Gasteiger partial charge in [-0.3, -0.25) is 25.2 Å². The highest BCUT2D eigenvalue weighted by molar-refractivity contribution is 8.17. The molecule has 2 aromatic carbocycles. The molecule has 0 saturated heterocycles. The number of aliphatic imine (C=N–C) groups is 1. The quantitative estimate of drug-likeness (QED) is 0.339. The van der Waals surface area contributed by atoms with Gasteiger partial charge in [-0.25, -0.2) is 0 Å². The van der Waals surface area contributed by atoms with Crippen molar-refractivity contribution in [2.75, 3.05) is 0 Å². The number of hydrogen-bond acceptors (Lipinski definition) is 6. The lowest BCUT2D eigenvalue weighted by atomic mass is 10.1.